The third-order valence-electron chi connectivity index (χ3n) is 2.08. The number of hydrogen-bond donors (Lipinski definition) is 1. The van der Waals surface area contributed by atoms with Gasteiger partial charge in [-0.05, 0) is 26.0 Å². The zero-order valence-electron chi connectivity index (χ0n) is 8.33. The highest BCUT2D eigenvalue weighted by molar-refractivity contribution is 6.21. The van der Waals surface area contributed by atoms with Crippen molar-refractivity contribution in [2.24, 2.45) is 0 Å². The van der Waals surface area contributed by atoms with E-state index in [2.05, 4.69) is 5.32 Å². The molecule has 0 aliphatic rings. The third kappa shape index (κ3) is 3.04. The molecule has 0 radical (unpaired) electrons. The van der Waals surface area contributed by atoms with Crippen molar-refractivity contribution in [3.8, 4) is 0 Å². The summed E-state index contributed by atoms with van der Waals surface area (Å²) in [6.45, 7) is 3.75. The van der Waals surface area contributed by atoms with E-state index in [1.54, 1.807) is 12.1 Å². The molecule has 0 saturated heterocycles. The number of carbonyl (C=O) groups excluding carboxylic acids is 1. The van der Waals surface area contributed by atoms with Crippen molar-refractivity contribution in [3.05, 3.63) is 35.9 Å². The van der Waals surface area contributed by atoms with Crippen molar-refractivity contribution in [3.63, 3.8) is 0 Å². The number of nitrogens with one attached hydrogen (secondary N) is 1. The Bertz CT molecular complexity index is 297. The molecule has 1 aromatic carbocycles. The molecule has 2 atom stereocenters. The SMILES string of the molecule is C[C@H](Cl)[C@H](C)NC(=O)c1ccccc1. The average molecular weight is 212 g/mol. The fourth-order valence-electron chi connectivity index (χ4n) is 0.994. The number of carbonyl (C=O) groups is 1. The Balaban J connectivity index is 2.60. The molecule has 1 rings (SSSR count). The van der Waals surface area contributed by atoms with E-state index in [-0.39, 0.29) is 17.3 Å². The fraction of sp³-hybridized carbons (Fsp3) is 0.364. The van der Waals surface area contributed by atoms with E-state index >= 15 is 0 Å². The Morgan fingerprint density at radius 2 is 1.86 bits per heavy atom. The molecule has 0 heterocycles. The van der Waals surface area contributed by atoms with Gasteiger partial charge in [-0.3, -0.25) is 4.79 Å². The number of alkyl halides is 1. The van der Waals surface area contributed by atoms with Gasteiger partial charge in [0.2, 0.25) is 0 Å². The predicted molar refractivity (Wildman–Crippen MR) is 58.7 cm³/mol. The Hall–Kier alpha value is -1.02. The fourth-order valence-corrected chi connectivity index (χ4v) is 1.06. The molecule has 2 nitrogen and oxygen atoms in total. The van der Waals surface area contributed by atoms with Gasteiger partial charge in [-0.25, -0.2) is 0 Å². The lowest BCUT2D eigenvalue weighted by molar-refractivity contribution is 0.0940. The van der Waals surface area contributed by atoms with Crippen LogP contribution in [0.1, 0.15) is 24.2 Å². The van der Waals surface area contributed by atoms with Crippen molar-refractivity contribution in [2.45, 2.75) is 25.3 Å². The summed E-state index contributed by atoms with van der Waals surface area (Å²) >= 11 is 5.85. The van der Waals surface area contributed by atoms with Gasteiger partial charge in [0.15, 0.2) is 0 Å². The maximum Gasteiger partial charge on any atom is 0.251 e. The molecule has 3 heteroatoms. The van der Waals surface area contributed by atoms with Gasteiger partial charge in [0, 0.05) is 11.6 Å². The summed E-state index contributed by atoms with van der Waals surface area (Å²) in [4.78, 5) is 11.6. The van der Waals surface area contributed by atoms with Gasteiger partial charge in [-0.1, -0.05) is 18.2 Å². The van der Waals surface area contributed by atoms with Gasteiger partial charge in [0.25, 0.3) is 5.91 Å². The molecule has 1 N–H and O–H groups in total. The second kappa shape index (κ2) is 5.01. The van der Waals surface area contributed by atoms with E-state index in [1.807, 2.05) is 32.0 Å². The summed E-state index contributed by atoms with van der Waals surface area (Å²) in [5.41, 5.74) is 0.664. The topological polar surface area (TPSA) is 29.1 Å². The minimum atomic E-state index is -0.0781. The highest BCUT2D eigenvalue weighted by Crippen LogP contribution is 2.03. The average Bonchev–Trinajstić information content (AvgIpc) is 2.19. The van der Waals surface area contributed by atoms with Crippen LogP contribution in [0.4, 0.5) is 0 Å². The van der Waals surface area contributed by atoms with Crippen LogP contribution in [0.25, 0.3) is 0 Å². The molecule has 14 heavy (non-hydrogen) atoms. The van der Waals surface area contributed by atoms with Crippen molar-refractivity contribution in [2.75, 3.05) is 0 Å². The monoisotopic (exact) mass is 211 g/mol. The maximum absolute atomic E-state index is 11.6. The quantitative estimate of drug-likeness (QED) is 0.765. The summed E-state index contributed by atoms with van der Waals surface area (Å²) < 4.78 is 0. The minimum absolute atomic E-state index is 0.0237. The van der Waals surface area contributed by atoms with Gasteiger partial charge in [0.1, 0.15) is 0 Å². The Morgan fingerprint density at radius 1 is 1.29 bits per heavy atom. The Morgan fingerprint density at radius 3 is 2.36 bits per heavy atom. The second-order valence-electron chi connectivity index (χ2n) is 3.31. The van der Waals surface area contributed by atoms with Crippen LogP contribution in [0.5, 0.6) is 0 Å². The molecule has 0 fully saturated rings. The highest BCUT2D eigenvalue weighted by Gasteiger charge is 2.12. The second-order valence-corrected chi connectivity index (χ2v) is 3.99. The third-order valence-corrected chi connectivity index (χ3v) is 2.46. The first kappa shape index (κ1) is 11.1. The van der Waals surface area contributed by atoms with Gasteiger partial charge in [0.05, 0.1) is 5.38 Å². The molecule has 0 unspecified atom stereocenters. The first-order valence-electron chi connectivity index (χ1n) is 4.61. The Kier molecular flexibility index (Phi) is 3.96. The summed E-state index contributed by atoms with van der Waals surface area (Å²) in [5.74, 6) is -0.0781. The molecule has 1 aromatic rings. The zero-order chi connectivity index (χ0) is 10.6. The molecular formula is C11H14ClNO. The lowest BCUT2D eigenvalue weighted by Crippen LogP contribution is -2.37. The van der Waals surface area contributed by atoms with Crippen LogP contribution in [0.3, 0.4) is 0 Å². The van der Waals surface area contributed by atoms with Crippen LogP contribution < -0.4 is 5.32 Å². The summed E-state index contributed by atoms with van der Waals surface area (Å²) in [7, 11) is 0. The summed E-state index contributed by atoms with van der Waals surface area (Å²) in [6.07, 6.45) is 0. The summed E-state index contributed by atoms with van der Waals surface area (Å²) in [6, 6.07) is 9.09. The lowest BCUT2D eigenvalue weighted by Gasteiger charge is -2.15. The van der Waals surface area contributed by atoms with Crippen LogP contribution in [-0.4, -0.2) is 17.3 Å². The maximum atomic E-state index is 11.6. The van der Waals surface area contributed by atoms with E-state index in [9.17, 15) is 4.79 Å². The Labute approximate surface area is 89.3 Å². The van der Waals surface area contributed by atoms with Gasteiger partial charge in [-0.2, -0.15) is 0 Å². The van der Waals surface area contributed by atoms with Crippen LogP contribution in [0, 0.1) is 0 Å². The molecule has 0 spiro atoms. The van der Waals surface area contributed by atoms with Crippen LogP contribution in [-0.2, 0) is 0 Å². The van der Waals surface area contributed by atoms with Gasteiger partial charge >= 0.3 is 0 Å². The van der Waals surface area contributed by atoms with Gasteiger partial charge in [-0.15, -0.1) is 11.6 Å². The molecule has 0 saturated carbocycles. The smallest absolute Gasteiger partial charge is 0.251 e. The summed E-state index contributed by atoms with van der Waals surface area (Å²) in [5, 5.41) is 2.76. The standard InChI is InChI=1S/C11H14ClNO/c1-8(12)9(2)13-11(14)10-6-4-3-5-7-10/h3-9H,1-2H3,(H,13,14)/t8-,9-/m0/s1. The normalized spacial score (nSPS) is 14.5. The molecule has 76 valence electrons. The number of benzene rings is 1. The molecule has 0 aliphatic carbocycles. The van der Waals surface area contributed by atoms with E-state index in [4.69, 9.17) is 11.6 Å². The van der Waals surface area contributed by atoms with E-state index in [0.717, 1.165) is 0 Å². The van der Waals surface area contributed by atoms with Crippen LogP contribution in [0.15, 0.2) is 30.3 Å². The van der Waals surface area contributed by atoms with Crippen molar-refractivity contribution in [1.29, 1.82) is 0 Å². The van der Waals surface area contributed by atoms with Crippen molar-refractivity contribution >= 4 is 17.5 Å². The van der Waals surface area contributed by atoms with Crippen LogP contribution >= 0.6 is 11.6 Å². The first-order chi connectivity index (χ1) is 6.61. The largest absolute Gasteiger partial charge is 0.348 e. The number of amides is 1. The molecule has 0 bridgehead atoms. The molecule has 0 aliphatic heterocycles. The van der Waals surface area contributed by atoms with E-state index < -0.39 is 0 Å². The van der Waals surface area contributed by atoms with E-state index in [0.29, 0.717) is 5.56 Å². The van der Waals surface area contributed by atoms with Crippen molar-refractivity contribution < 1.29 is 4.79 Å². The minimum Gasteiger partial charge on any atom is -0.348 e. The van der Waals surface area contributed by atoms with Crippen molar-refractivity contribution in [1.82, 2.24) is 5.32 Å². The zero-order valence-corrected chi connectivity index (χ0v) is 9.08. The van der Waals surface area contributed by atoms with Crippen LogP contribution in [0.2, 0.25) is 0 Å². The molecular weight excluding hydrogens is 198 g/mol. The highest BCUT2D eigenvalue weighted by atomic mass is 35.5. The molecule has 1 amide bonds. The first-order valence-corrected chi connectivity index (χ1v) is 5.05. The predicted octanol–water partition coefficient (Wildman–Crippen LogP) is 2.43. The number of hydrogen-bond acceptors (Lipinski definition) is 1. The van der Waals surface area contributed by atoms with Gasteiger partial charge < -0.3 is 5.32 Å². The number of rotatable bonds is 3. The molecule has 0 aromatic heterocycles. The number of halogens is 1. The van der Waals surface area contributed by atoms with E-state index in [1.165, 1.54) is 0 Å². The lowest BCUT2D eigenvalue weighted by atomic mass is 10.2.